The number of alkyl halides is 6. The molecule has 0 saturated carbocycles. The van der Waals surface area contributed by atoms with Crippen molar-refractivity contribution in [3.05, 3.63) is 76.5 Å². The summed E-state index contributed by atoms with van der Waals surface area (Å²) in [5.41, 5.74) is 5.03. The number of nitrogens with two attached hydrogens (primary N) is 1. The van der Waals surface area contributed by atoms with Crippen LogP contribution in [0, 0.1) is 0 Å². The molecule has 0 amide bonds. The molecule has 0 aliphatic heterocycles. The van der Waals surface area contributed by atoms with E-state index in [9.17, 15) is 31.4 Å². The summed E-state index contributed by atoms with van der Waals surface area (Å²) >= 11 is 0. The van der Waals surface area contributed by atoms with E-state index in [1.54, 1.807) is 0 Å². The summed E-state index contributed by atoms with van der Waals surface area (Å²) in [6, 6.07) is 5.73. The largest absolute Gasteiger partial charge is 0.433 e. The van der Waals surface area contributed by atoms with Crippen LogP contribution in [0.15, 0.2) is 59.7 Å². The maximum Gasteiger partial charge on any atom is 0.433 e. The van der Waals surface area contributed by atoms with E-state index >= 15 is 0 Å². The predicted molar refractivity (Wildman–Crippen MR) is 112 cm³/mol. The zero-order valence-corrected chi connectivity index (χ0v) is 17.5. The van der Waals surface area contributed by atoms with Crippen molar-refractivity contribution in [2.24, 2.45) is 5.73 Å². The molecule has 1 heterocycles. The van der Waals surface area contributed by atoms with Crippen molar-refractivity contribution < 1.29 is 31.4 Å². The van der Waals surface area contributed by atoms with Gasteiger partial charge >= 0.3 is 12.4 Å². The van der Waals surface area contributed by atoms with Crippen molar-refractivity contribution >= 4 is 0 Å². The molecule has 0 saturated heterocycles. The first kappa shape index (κ1) is 24.9. The fraction of sp³-hybridized carbons (Fsp3) is 0.348. The summed E-state index contributed by atoms with van der Waals surface area (Å²) in [7, 11) is 0. The summed E-state index contributed by atoms with van der Waals surface area (Å²) in [4.78, 5) is 3.58. The van der Waals surface area contributed by atoms with Crippen LogP contribution < -0.4 is 11.1 Å². The number of aromatic nitrogens is 1. The number of aliphatic hydroxyl groups is 1. The Morgan fingerprint density at radius 3 is 2.33 bits per heavy atom. The molecule has 2 aromatic rings. The predicted octanol–water partition coefficient (Wildman–Crippen LogP) is 5.01. The Balaban J connectivity index is 1.91. The summed E-state index contributed by atoms with van der Waals surface area (Å²) in [6.45, 7) is 1.58. The molecule has 0 bridgehead atoms. The number of pyridine rings is 1. The molecule has 0 unspecified atom stereocenters. The summed E-state index contributed by atoms with van der Waals surface area (Å²) in [6.07, 6.45) is -6.12. The van der Waals surface area contributed by atoms with Crippen LogP contribution in [0.3, 0.4) is 0 Å². The Morgan fingerprint density at radius 1 is 1.03 bits per heavy atom. The number of rotatable bonds is 8. The minimum absolute atomic E-state index is 0.0131. The van der Waals surface area contributed by atoms with Crippen molar-refractivity contribution in [1.29, 1.82) is 0 Å². The topological polar surface area (TPSA) is 71.2 Å². The molecule has 33 heavy (non-hydrogen) atoms. The van der Waals surface area contributed by atoms with Gasteiger partial charge in [-0.3, -0.25) is 0 Å². The van der Waals surface area contributed by atoms with Crippen LogP contribution in [0.1, 0.15) is 35.8 Å². The zero-order chi connectivity index (χ0) is 24.2. The molecular weight excluding hydrogens is 448 g/mol. The van der Waals surface area contributed by atoms with Gasteiger partial charge in [0.05, 0.1) is 17.4 Å². The molecule has 0 fully saturated rings. The molecule has 0 spiro atoms. The van der Waals surface area contributed by atoms with Gasteiger partial charge in [-0.2, -0.15) is 26.3 Å². The Bertz CT molecular complexity index is 1030. The molecule has 4 nitrogen and oxygen atoms in total. The minimum Gasteiger partial charge on any atom is -0.388 e. The molecule has 1 aliphatic carbocycles. The first-order valence-corrected chi connectivity index (χ1v) is 10.2. The standard InChI is InChI=1S/C23H23F6N3O/c24-22(25,26)18-6-4-14(5-7-18)19-10-17(12-21(32-19)23(27,28)29)20(33)11-15-2-1-3-16(15)13-31-9-8-30/h1,3-7,10,12,20,31,33H,2,8-9,11,13,30H2/t20-/m0/s1. The fourth-order valence-electron chi connectivity index (χ4n) is 3.53. The van der Waals surface area contributed by atoms with Crippen LogP contribution in [0.25, 0.3) is 11.3 Å². The molecule has 1 aromatic carbocycles. The van der Waals surface area contributed by atoms with Gasteiger partial charge in [0.1, 0.15) is 5.69 Å². The number of nitrogens with zero attached hydrogens (tertiary/aromatic N) is 1. The van der Waals surface area contributed by atoms with Gasteiger partial charge < -0.3 is 16.2 Å². The van der Waals surface area contributed by atoms with Crippen molar-refractivity contribution in [2.75, 3.05) is 19.6 Å². The number of halogens is 6. The van der Waals surface area contributed by atoms with E-state index in [-0.39, 0.29) is 23.2 Å². The van der Waals surface area contributed by atoms with E-state index in [4.69, 9.17) is 5.73 Å². The number of nitrogens with one attached hydrogen (secondary N) is 1. The summed E-state index contributed by atoms with van der Waals surface area (Å²) in [5, 5.41) is 13.9. The lowest BCUT2D eigenvalue weighted by molar-refractivity contribution is -0.141. The Kier molecular flexibility index (Phi) is 7.61. The van der Waals surface area contributed by atoms with Gasteiger partial charge in [-0.1, -0.05) is 29.9 Å². The fourth-order valence-corrected chi connectivity index (χ4v) is 3.53. The third-order valence-electron chi connectivity index (χ3n) is 5.24. The molecule has 10 heteroatoms. The molecule has 178 valence electrons. The van der Waals surface area contributed by atoms with Crippen LogP contribution in [-0.4, -0.2) is 29.7 Å². The number of allylic oxidation sites excluding steroid dienone is 1. The maximum atomic E-state index is 13.5. The molecule has 0 radical (unpaired) electrons. The van der Waals surface area contributed by atoms with Crippen LogP contribution in [0.4, 0.5) is 26.3 Å². The van der Waals surface area contributed by atoms with Crippen LogP contribution in [0.2, 0.25) is 0 Å². The normalized spacial score (nSPS) is 15.4. The average molecular weight is 471 g/mol. The number of aliphatic hydroxyl groups excluding tert-OH is 1. The van der Waals surface area contributed by atoms with Gasteiger partial charge in [0.25, 0.3) is 0 Å². The van der Waals surface area contributed by atoms with Crippen molar-refractivity contribution in [2.45, 2.75) is 31.3 Å². The van der Waals surface area contributed by atoms with Crippen LogP contribution in [-0.2, 0) is 12.4 Å². The van der Waals surface area contributed by atoms with E-state index in [2.05, 4.69) is 10.3 Å². The first-order chi connectivity index (χ1) is 15.5. The van der Waals surface area contributed by atoms with Crippen molar-refractivity contribution in [3.63, 3.8) is 0 Å². The lowest BCUT2D eigenvalue weighted by Crippen LogP contribution is -2.24. The quantitative estimate of drug-likeness (QED) is 0.374. The van der Waals surface area contributed by atoms with Crippen LogP contribution >= 0.6 is 0 Å². The SMILES string of the molecule is NCCNCC1=C(C[C@H](O)c2cc(-c3ccc(C(F)(F)F)cc3)nc(C(F)(F)F)c2)CC=C1. The first-order valence-electron chi connectivity index (χ1n) is 10.2. The Labute approximate surface area is 186 Å². The minimum atomic E-state index is -4.79. The molecule has 1 aliphatic rings. The lowest BCUT2D eigenvalue weighted by Gasteiger charge is -2.17. The second kappa shape index (κ2) is 10.1. The van der Waals surface area contributed by atoms with E-state index in [0.717, 1.165) is 41.5 Å². The zero-order valence-electron chi connectivity index (χ0n) is 17.5. The van der Waals surface area contributed by atoms with E-state index in [1.807, 2.05) is 12.2 Å². The molecular formula is C23H23F6N3O. The van der Waals surface area contributed by atoms with Crippen LogP contribution in [0.5, 0.6) is 0 Å². The van der Waals surface area contributed by atoms with Crippen molar-refractivity contribution in [1.82, 2.24) is 10.3 Å². The maximum absolute atomic E-state index is 13.5. The second-order valence-corrected chi connectivity index (χ2v) is 7.66. The number of benzene rings is 1. The Morgan fingerprint density at radius 2 is 1.73 bits per heavy atom. The number of hydrogen-bond acceptors (Lipinski definition) is 4. The summed E-state index contributed by atoms with van der Waals surface area (Å²) < 4.78 is 78.8. The molecule has 4 N–H and O–H groups in total. The van der Waals surface area contributed by atoms with Gasteiger partial charge in [-0.05, 0) is 48.2 Å². The van der Waals surface area contributed by atoms with Gasteiger partial charge in [0, 0.05) is 25.2 Å². The highest BCUT2D eigenvalue weighted by molar-refractivity contribution is 5.61. The highest BCUT2D eigenvalue weighted by atomic mass is 19.4. The highest BCUT2D eigenvalue weighted by Gasteiger charge is 2.34. The van der Waals surface area contributed by atoms with E-state index < -0.39 is 29.7 Å². The molecule has 3 rings (SSSR count). The molecule has 1 atom stereocenters. The molecule has 1 aromatic heterocycles. The third-order valence-corrected chi connectivity index (χ3v) is 5.24. The lowest BCUT2D eigenvalue weighted by atomic mass is 9.96. The van der Waals surface area contributed by atoms with Gasteiger partial charge in [0.2, 0.25) is 0 Å². The van der Waals surface area contributed by atoms with Gasteiger partial charge in [-0.15, -0.1) is 0 Å². The summed E-state index contributed by atoms with van der Waals surface area (Å²) in [5.74, 6) is 0. The smallest absolute Gasteiger partial charge is 0.388 e. The Hall–Kier alpha value is -2.69. The second-order valence-electron chi connectivity index (χ2n) is 7.66. The highest BCUT2D eigenvalue weighted by Crippen LogP contribution is 2.36. The van der Waals surface area contributed by atoms with E-state index in [0.29, 0.717) is 26.1 Å². The van der Waals surface area contributed by atoms with Crippen molar-refractivity contribution in [3.8, 4) is 11.3 Å². The van der Waals surface area contributed by atoms with Gasteiger partial charge in [0.15, 0.2) is 0 Å². The average Bonchev–Trinajstić information content (AvgIpc) is 3.19. The number of hydrogen-bond donors (Lipinski definition) is 3. The van der Waals surface area contributed by atoms with Gasteiger partial charge in [-0.25, -0.2) is 4.98 Å². The third kappa shape index (κ3) is 6.43. The van der Waals surface area contributed by atoms with E-state index in [1.165, 1.54) is 6.07 Å². The monoisotopic (exact) mass is 471 g/mol.